The number of imidazole rings is 1. The van der Waals surface area contributed by atoms with Crippen LogP contribution < -0.4 is 0 Å². The van der Waals surface area contributed by atoms with Crippen LogP contribution in [0.15, 0.2) is 61.3 Å². The molecule has 2 aromatic carbocycles. The fraction of sp³-hybridized carbons (Fsp3) is 0.292. The molecule has 0 radical (unpaired) electrons. The summed E-state index contributed by atoms with van der Waals surface area (Å²) >= 11 is 0. The van der Waals surface area contributed by atoms with Gasteiger partial charge in [0.2, 0.25) is 0 Å². The summed E-state index contributed by atoms with van der Waals surface area (Å²) in [5, 5.41) is 4.18. The van der Waals surface area contributed by atoms with Gasteiger partial charge < -0.3 is 4.57 Å². The Kier molecular flexibility index (Phi) is 5.72. The lowest BCUT2D eigenvalue weighted by Crippen LogP contribution is -2.43. The molecule has 9 heteroatoms. The minimum Gasteiger partial charge on any atom is -0.332 e. The van der Waals surface area contributed by atoms with Crippen LogP contribution >= 0.6 is 0 Å². The Morgan fingerprint density at radius 2 is 1.79 bits per heavy atom. The first-order valence-corrected chi connectivity index (χ1v) is 10.8. The summed E-state index contributed by atoms with van der Waals surface area (Å²) in [6.07, 6.45) is 5.02. The first kappa shape index (κ1) is 21.4. The molecule has 1 unspecified atom stereocenters. The molecule has 3 heterocycles. The van der Waals surface area contributed by atoms with Gasteiger partial charge in [0.25, 0.3) is 0 Å². The molecule has 1 aliphatic rings. The van der Waals surface area contributed by atoms with E-state index in [1.165, 1.54) is 30.6 Å². The van der Waals surface area contributed by atoms with E-state index in [9.17, 15) is 13.2 Å². The van der Waals surface area contributed by atoms with E-state index >= 15 is 0 Å². The molecule has 0 N–H and O–H groups in total. The maximum atomic E-state index is 14.8. The molecule has 5 rings (SSSR count). The molecule has 0 bridgehead atoms. The summed E-state index contributed by atoms with van der Waals surface area (Å²) in [6, 6.07) is 9.94. The summed E-state index contributed by atoms with van der Waals surface area (Å²) < 4.78 is 45.4. The molecule has 0 spiro atoms. The van der Waals surface area contributed by atoms with Crippen LogP contribution in [0.3, 0.4) is 0 Å². The SMILES string of the molecule is C[C@H](C(Cn1cncn1)c1ccc(F)cc1F)N1CCn2cc(-c3ccc(F)cc3)nc2C1. The summed E-state index contributed by atoms with van der Waals surface area (Å²) in [4.78, 5) is 11.0. The smallest absolute Gasteiger partial charge is 0.137 e. The first-order valence-electron chi connectivity index (χ1n) is 10.8. The quantitative estimate of drug-likeness (QED) is 0.439. The number of hydrogen-bond donors (Lipinski definition) is 0. The lowest BCUT2D eigenvalue weighted by atomic mass is 9.90. The van der Waals surface area contributed by atoms with Crippen LogP contribution in [-0.4, -0.2) is 41.8 Å². The molecule has 0 amide bonds. The van der Waals surface area contributed by atoms with Gasteiger partial charge in [-0.25, -0.2) is 23.1 Å². The molecule has 6 nitrogen and oxygen atoms in total. The van der Waals surface area contributed by atoms with Crippen LogP contribution in [-0.2, 0) is 19.6 Å². The summed E-state index contributed by atoms with van der Waals surface area (Å²) in [6.45, 7) is 4.53. The van der Waals surface area contributed by atoms with Crippen molar-refractivity contribution in [3.8, 4) is 11.3 Å². The molecule has 2 atom stereocenters. The van der Waals surface area contributed by atoms with E-state index in [0.29, 0.717) is 18.7 Å². The third kappa shape index (κ3) is 4.41. The van der Waals surface area contributed by atoms with Crippen molar-refractivity contribution < 1.29 is 13.2 Å². The third-order valence-corrected chi connectivity index (χ3v) is 6.34. The molecule has 33 heavy (non-hydrogen) atoms. The second-order valence-electron chi connectivity index (χ2n) is 8.34. The first-order chi connectivity index (χ1) is 16.0. The zero-order valence-electron chi connectivity index (χ0n) is 18.1. The molecule has 170 valence electrons. The van der Waals surface area contributed by atoms with Gasteiger partial charge in [0, 0.05) is 42.9 Å². The second-order valence-corrected chi connectivity index (χ2v) is 8.34. The number of aromatic nitrogens is 5. The molecule has 0 aliphatic carbocycles. The van der Waals surface area contributed by atoms with Crippen LogP contribution in [0, 0.1) is 17.5 Å². The molecule has 0 fully saturated rings. The molecule has 4 aromatic rings. The Hall–Kier alpha value is -3.46. The van der Waals surface area contributed by atoms with Gasteiger partial charge in [-0.15, -0.1) is 0 Å². The lowest BCUT2D eigenvalue weighted by Gasteiger charge is -2.37. The average molecular weight is 452 g/mol. The number of rotatable bonds is 6. The molecule has 2 aromatic heterocycles. The maximum Gasteiger partial charge on any atom is 0.137 e. The van der Waals surface area contributed by atoms with Crippen LogP contribution in [0.25, 0.3) is 11.3 Å². The lowest BCUT2D eigenvalue weighted by molar-refractivity contribution is 0.134. The predicted octanol–water partition coefficient (Wildman–Crippen LogP) is 4.25. The van der Waals surface area contributed by atoms with E-state index in [4.69, 9.17) is 4.98 Å². The van der Waals surface area contributed by atoms with Crippen LogP contribution in [0.2, 0.25) is 0 Å². The van der Waals surface area contributed by atoms with Crippen LogP contribution in [0.1, 0.15) is 24.2 Å². The predicted molar refractivity (Wildman–Crippen MR) is 117 cm³/mol. The largest absolute Gasteiger partial charge is 0.332 e. The topological polar surface area (TPSA) is 51.8 Å². The Morgan fingerprint density at radius 1 is 1.00 bits per heavy atom. The fourth-order valence-corrected chi connectivity index (χ4v) is 4.47. The van der Waals surface area contributed by atoms with Gasteiger partial charge in [-0.1, -0.05) is 6.07 Å². The van der Waals surface area contributed by atoms with Crippen LogP contribution in [0.5, 0.6) is 0 Å². The van der Waals surface area contributed by atoms with Crippen molar-refractivity contribution in [3.63, 3.8) is 0 Å². The zero-order chi connectivity index (χ0) is 22.9. The van der Waals surface area contributed by atoms with Crippen molar-refractivity contribution in [3.05, 3.63) is 90.2 Å². The number of hydrogen-bond acceptors (Lipinski definition) is 4. The van der Waals surface area contributed by atoms with Crippen molar-refractivity contribution >= 4 is 0 Å². The number of nitrogens with zero attached hydrogens (tertiary/aromatic N) is 6. The summed E-state index contributed by atoms with van der Waals surface area (Å²) in [7, 11) is 0. The maximum absolute atomic E-state index is 14.8. The molecule has 0 saturated carbocycles. The highest BCUT2D eigenvalue weighted by atomic mass is 19.1. The Morgan fingerprint density at radius 3 is 2.52 bits per heavy atom. The van der Waals surface area contributed by atoms with Gasteiger partial charge in [0.1, 0.15) is 35.9 Å². The van der Waals surface area contributed by atoms with Gasteiger partial charge in [0.05, 0.1) is 18.8 Å². The molecule has 1 aliphatic heterocycles. The van der Waals surface area contributed by atoms with E-state index in [-0.39, 0.29) is 17.8 Å². The zero-order valence-corrected chi connectivity index (χ0v) is 18.1. The fourth-order valence-electron chi connectivity index (χ4n) is 4.47. The second kappa shape index (κ2) is 8.82. The highest BCUT2D eigenvalue weighted by Gasteiger charge is 2.31. The van der Waals surface area contributed by atoms with Crippen molar-refractivity contribution in [1.29, 1.82) is 0 Å². The summed E-state index contributed by atoms with van der Waals surface area (Å²) in [5.74, 6) is -0.827. The van der Waals surface area contributed by atoms with E-state index in [1.807, 2.05) is 13.1 Å². The monoisotopic (exact) mass is 452 g/mol. The molecule has 0 saturated heterocycles. The van der Waals surface area contributed by atoms with Crippen molar-refractivity contribution in [2.24, 2.45) is 0 Å². The minimum absolute atomic E-state index is 0.0751. The average Bonchev–Trinajstić information content (AvgIpc) is 3.47. The van der Waals surface area contributed by atoms with E-state index in [2.05, 4.69) is 19.5 Å². The highest BCUT2D eigenvalue weighted by molar-refractivity contribution is 5.58. The van der Waals surface area contributed by atoms with E-state index in [1.54, 1.807) is 23.1 Å². The van der Waals surface area contributed by atoms with Crippen molar-refractivity contribution in [2.75, 3.05) is 6.54 Å². The third-order valence-electron chi connectivity index (χ3n) is 6.34. The minimum atomic E-state index is -0.600. The van der Waals surface area contributed by atoms with Gasteiger partial charge >= 0.3 is 0 Å². The molecular weight excluding hydrogens is 429 g/mol. The van der Waals surface area contributed by atoms with Gasteiger partial charge in [0.15, 0.2) is 0 Å². The van der Waals surface area contributed by atoms with Crippen LogP contribution in [0.4, 0.5) is 13.2 Å². The normalized spacial score (nSPS) is 15.9. The number of benzene rings is 2. The van der Waals surface area contributed by atoms with E-state index < -0.39 is 11.6 Å². The van der Waals surface area contributed by atoms with Crippen molar-refractivity contribution in [1.82, 2.24) is 29.2 Å². The van der Waals surface area contributed by atoms with Crippen molar-refractivity contribution in [2.45, 2.75) is 38.5 Å². The highest BCUT2D eigenvalue weighted by Crippen LogP contribution is 2.31. The Bertz CT molecular complexity index is 1240. The number of halogens is 3. The van der Waals surface area contributed by atoms with Gasteiger partial charge in [-0.2, -0.15) is 5.10 Å². The van der Waals surface area contributed by atoms with Gasteiger partial charge in [-0.05, 0) is 42.8 Å². The van der Waals surface area contributed by atoms with Gasteiger partial charge in [-0.3, -0.25) is 9.58 Å². The summed E-state index contributed by atoms with van der Waals surface area (Å²) in [5.41, 5.74) is 2.10. The van der Waals surface area contributed by atoms with E-state index in [0.717, 1.165) is 36.2 Å². The molecular formula is C24H23F3N6. The number of fused-ring (bicyclic) bond motifs is 1. The standard InChI is InChI=1S/C24H23F3N6/c1-16(21(11-33-15-28-14-29-33)20-7-6-19(26)10-22(20)27)31-8-9-32-12-23(30-24(32)13-31)17-2-4-18(25)5-3-17/h2-7,10,12,14-16,21H,8-9,11,13H2,1H3/t16-,21?/m1/s1. The Labute approximate surface area is 189 Å². The Balaban J connectivity index is 1.41.